The molecule has 100 valence electrons. The first-order valence-corrected chi connectivity index (χ1v) is 6.23. The van der Waals surface area contributed by atoms with Crippen LogP contribution in [0.1, 0.15) is 41.0 Å². The zero-order valence-electron chi connectivity index (χ0n) is 11.0. The highest BCUT2D eigenvalue weighted by Gasteiger charge is 2.10. The number of aldehydes is 1. The molecule has 0 saturated carbocycles. The number of hydrogen-bond acceptors (Lipinski definition) is 5. The second-order valence-corrected chi connectivity index (χ2v) is 4.25. The van der Waals surface area contributed by atoms with Gasteiger partial charge in [-0.2, -0.15) is 4.98 Å². The largest absolute Gasteiger partial charge is 0.483 e. The van der Waals surface area contributed by atoms with E-state index in [0.717, 1.165) is 24.7 Å². The van der Waals surface area contributed by atoms with Gasteiger partial charge in [-0.05, 0) is 25.0 Å². The molecule has 0 spiro atoms. The van der Waals surface area contributed by atoms with Crippen LogP contribution >= 0.6 is 0 Å². The van der Waals surface area contributed by atoms with Gasteiger partial charge < -0.3 is 9.26 Å². The van der Waals surface area contributed by atoms with Crippen molar-refractivity contribution in [3.63, 3.8) is 0 Å². The van der Waals surface area contributed by atoms with E-state index in [0.29, 0.717) is 23.0 Å². The van der Waals surface area contributed by atoms with Crippen LogP contribution in [-0.2, 0) is 13.0 Å². The number of benzene rings is 1. The molecule has 0 aliphatic heterocycles. The summed E-state index contributed by atoms with van der Waals surface area (Å²) in [5.74, 6) is 1.66. The fourth-order valence-corrected chi connectivity index (χ4v) is 1.77. The minimum atomic E-state index is 0.169. The summed E-state index contributed by atoms with van der Waals surface area (Å²) in [6.07, 6.45) is 2.53. The van der Waals surface area contributed by atoms with E-state index in [1.807, 2.05) is 19.1 Å². The van der Waals surface area contributed by atoms with Crippen molar-refractivity contribution in [3.05, 3.63) is 41.0 Å². The summed E-state index contributed by atoms with van der Waals surface area (Å²) in [5.41, 5.74) is 1.42. The molecule has 5 heteroatoms. The van der Waals surface area contributed by atoms with Crippen LogP contribution < -0.4 is 4.74 Å². The van der Waals surface area contributed by atoms with E-state index in [1.165, 1.54) is 0 Å². The molecule has 0 radical (unpaired) electrons. The number of rotatable bonds is 6. The number of hydrogen-bond donors (Lipinski definition) is 0. The predicted molar refractivity (Wildman–Crippen MR) is 69.2 cm³/mol. The standard InChI is InChI=1S/C14H16N2O3/c1-3-5-12-15-13(19-16-12)9-18-14-10(2)6-4-7-11(14)8-17/h4,6-8H,3,5,9H2,1-2H3. The van der Waals surface area contributed by atoms with Crippen LogP contribution in [0.3, 0.4) is 0 Å². The Bertz CT molecular complexity index is 564. The number of aromatic nitrogens is 2. The molecule has 0 fully saturated rings. The van der Waals surface area contributed by atoms with Crippen molar-refractivity contribution < 1.29 is 14.1 Å². The zero-order valence-corrected chi connectivity index (χ0v) is 11.0. The molecule has 2 rings (SSSR count). The normalized spacial score (nSPS) is 10.4. The maximum Gasteiger partial charge on any atom is 0.264 e. The van der Waals surface area contributed by atoms with Gasteiger partial charge in [0.15, 0.2) is 18.7 Å². The zero-order chi connectivity index (χ0) is 13.7. The summed E-state index contributed by atoms with van der Waals surface area (Å²) in [7, 11) is 0. The van der Waals surface area contributed by atoms with E-state index in [9.17, 15) is 4.79 Å². The SMILES string of the molecule is CCCc1noc(COc2c(C)cccc2C=O)n1. The molecule has 0 aliphatic rings. The van der Waals surface area contributed by atoms with E-state index in [-0.39, 0.29) is 6.61 Å². The van der Waals surface area contributed by atoms with Gasteiger partial charge in [-0.25, -0.2) is 0 Å². The highest BCUT2D eigenvalue weighted by Crippen LogP contribution is 2.22. The fraction of sp³-hybridized carbons (Fsp3) is 0.357. The first-order chi connectivity index (χ1) is 9.24. The first-order valence-electron chi connectivity index (χ1n) is 6.23. The lowest BCUT2D eigenvalue weighted by Crippen LogP contribution is -2.00. The third kappa shape index (κ3) is 3.19. The van der Waals surface area contributed by atoms with Crippen molar-refractivity contribution >= 4 is 6.29 Å². The molecule has 1 aromatic heterocycles. The number of aryl methyl sites for hydroxylation is 2. The lowest BCUT2D eigenvalue weighted by Gasteiger charge is -2.08. The predicted octanol–water partition coefficient (Wildman–Crippen LogP) is 2.72. The Balaban J connectivity index is 2.07. The van der Waals surface area contributed by atoms with Crippen LogP contribution in [0.4, 0.5) is 0 Å². The summed E-state index contributed by atoms with van der Waals surface area (Å²) in [6.45, 7) is 4.11. The smallest absolute Gasteiger partial charge is 0.264 e. The van der Waals surface area contributed by atoms with Gasteiger partial charge in [-0.1, -0.05) is 24.2 Å². The van der Waals surface area contributed by atoms with Gasteiger partial charge in [0, 0.05) is 6.42 Å². The highest BCUT2D eigenvalue weighted by atomic mass is 16.5. The van der Waals surface area contributed by atoms with E-state index in [1.54, 1.807) is 6.07 Å². The van der Waals surface area contributed by atoms with Crippen LogP contribution in [0.15, 0.2) is 22.7 Å². The van der Waals surface area contributed by atoms with Gasteiger partial charge in [0.25, 0.3) is 5.89 Å². The topological polar surface area (TPSA) is 65.2 Å². The first kappa shape index (κ1) is 13.3. The number of para-hydroxylation sites is 1. The van der Waals surface area contributed by atoms with Gasteiger partial charge in [0.1, 0.15) is 5.75 Å². The molecule has 0 saturated heterocycles. The summed E-state index contributed by atoms with van der Waals surface area (Å²) >= 11 is 0. The van der Waals surface area contributed by atoms with Crippen LogP contribution in [0.5, 0.6) is 5.75 Å². The Morgan fingerprint density at radius 3 is 3.00 bits per heavy atom. The summed E-state index contributed by atoms with van der Waals surface area (Å²) in [6, 6.07) is 5.42. The second-order valence-electron chi connectivity index (χ2n) is 4.25. The lowest BCUT2D eigenvalue weighted by atomic mass is 10.1. The third-order valence-corrected chi connectivity index (χ3v) is 2.69. The van der Waals surface area contributed by atoms with E-state index in [2.05, 4.69) is 17.1 Å². The molecule has 1 heterocycles. The number of ether oxygens (including phenoxy) is 1. The van der Waals surface area contributed by atoms with Crippen molar-refractivity contribution in [2.24, 2.45) is 0 Å². The number of carbonyl (C=O) groups excluding carboxylic acids is 1. The average Bonchev–Trinajstić information content (AvgIpc) is 2.85. The minimum Gasteiger partial charge on any atom is -0.483 e. The molecular formula is C14H16N2O3. The van der Waals surface area contributed by atoms with Crippen molar-refractivity contribution in [2.75, 3.05) is 0 Å². The number of nitrogens with zero attached hydrogens (tertiary/aromatic N) is 2. The van der Waals surface area contributed by atoms with Crippen LogP contribution in [0.2, 0.25) is 0 Å². The van der Waals surface area contributed by atoms with E-state index in [4.69, 9.17) is 9.26 Å². The van der Waals surface area contributed by atoms with Crippen LogP contribution in [0, 0.1) is 6.92 Å². The van der Waals surface area contributed by atoms with Gasteiger partial charge in [-0.15, -0.1) is 0 Å². The average molecular weight is 260 g/mol. The molecular weight excluding hydrogens is 244 g/mol. The minimum absolute atomic E-state index is 0.169. The van der Waals surface area contributed by atoms with Gasteiger partial charge in [0.2, 0.25) is 0 Å². The Morgan fingerprint density at radius 1 is 1.42 bits per heavy atom. The molecule has 2 aromatic rings. The van der Waals surface area contributed by atoms with Crippen LogP contribution in [-0.4, -0.2) is 16.4 Å². The van der Waals surface area contributed by atoms with E-state index >= 15 is 0 Å². The van der Waals surface area contributed by atoms with Crippen molar-refractivity contribution in [2.45, 2.75) is 33.3 Å². The second kappa shape index (κ2) is 6.13. The molecule has 19 heavy (non-hydrogen) atoms. The van der Waals surface area contributed by atoms with E-state index < -0.39 is 0 Å². The van der Waals surface area contributed by atoms with Gasteiger partial charge >= 0.3 is 0 Å². The van der Waals surface area contributed by atoms with Crippen molar-refractivity contribution in [1.82, 2.24) is 10.1 Å². The maximum absolute atomic E-state index is 10.9. The monoisotopic (exact) mass is 260 g/mol. The molecule has 0 bridgehead atoms. The molecule has 1 aromatic carbocycles. The Hall–Kier alpha value is -2.17. The van der Waals surface area contributed by atoms with Crippen molar-refractivity contribution in [3.8, 4) is 5.75 Å². The summed E-state index contributed by atoms with van der Waals surface area (Å²) in [4.78, 5) is 15.2. The van der Waals surface area contributed by atoms with Gasteiger partial charge in [0.05, 0.1) is 5.56 Å². The molecule has 0 atom stereocenters. The maximum atomic E-state index is 10.9. The lowest BCUT2D eigenvalue weighted by molar-refractivity contribution is 0.111. The summed E-state index contributed by atoms with van der Waals surface area (Å²) in [5, 5.41) is 3.85. The quantitative estimate of drug-likeness (QED) is 0.747. The number of carbonyl (C=O) groups is 1. The molecule has 0 N–H and O–H groups in total. The summed E-state index contributed by atoms with van der Waals surface area (Å²) < 4.78 is 10.7. The Labute approximate surface area is 111 Å². The Kier molecular flexibility index (Phi) is 4.28. The fourth-order valence-electron chi connectivity index (χ4n) is 1.77. The molecule has 0 amide bonds. The molecule has 0 aliphatic carbocycles. The van der Waals surface area contributed by atoms with Crippen molar-refractivity contribution in [1.29, 1.82) is 0 Å². The Morgan fingerprint density at radius 2 is 2.26 bits per heavy atom. The molecule has 0 unspecified atom stereocenters. The van der Waals surface area contributed by atoms with Crippen LogP contribution in [0.25, 0.3) is 0 Å². The highest BCUT2D eigenvalue weighted by molar-refractivity contribution is 5.80. The third-order valence-electron chi connectivity index (χ3n) is 2.69. The molecule has 5 nitrogen and oxygen atoms in total. The van der Waals surface area contributed by atoms with Gasteiger partial charge in [-0.3, -0.25) is 4.79 Å².